The molecule has 0 N–H and O–H groups in total. The SMILES string of the molecule is O=[N+]([O-])c1cc(CSc2nnc(-c3ccc(Cl)cc3)o2)cc(C(F)(F)F)c1. The molecule has 0 aliphatic heterocycles. The van der Waals surface area contributed by atoms with Crippen LogP contribution in [0.15, 0.2) is 52.1 Å². The van der Waals surface area contributed by atoms with Gasteiger partial charge >= 0.3 is 6.18 Å². The van der Waals surface area contributed by atoms with Gasteiger partial charge in [-0.25, -0.2) is 0 Å². The van der Waals surface area contributed by atoms with E-state index >= 15 is 0 Å². The number of halogens is 4. The molecule has 0 spiro atoms. The first-order valence-corrected chi connectivity index (χ1v) is 8.66. The molecule has 0 radical (unpaired) electrons. The molecule has 0 saturated carbocycles. The first kappa shape index (κ1) is 19.2. The predicted octanol–water partition coefficient (Wildman–Crippen LogP) is 5.61. The Bertz CT molecular complexity index is 977. The van der Waals surface area contributed by atoms with Gasteiger partial charge in [-0.05, 0) is 35.9 Å². The third kappa shape index (κ3) is 4.77. The molecular formula is C16H9ClF3N3O3S. The number of hydrogen-bond donors (Lipinski definition) is 0. The van der Waals surface area contributed by atoms with Gasteiger partial charge in [-0.1, -0.05) is 23.4 Å². The van der Waals surface area contributed by atoms with Gasteiger partial charge in [0.15, 0.2) is 0 Å². The van der Waals surface area contributed by atoms with Crippen LogP contribution in [0, 0.1) is 10.1 Å². The first-order valence-electron chi connectivity index (χ1n) is 7.30. The summed E-state index contributed by atoms with van der Waals surface area (Å²) in [6.07, 6.45) is -4.68. The number of nitro benzene ring substituents is 1. The van der Waals surface area contributed by atoms with Crippen molar-refractivity contribution in [3.63, 3.8) is 0 Å². The summed E-state index contributed by atoms with van der Waals surface area (Å²) in [5.41, 5.74) is -0.964. The van der Waals surface area contributed by atoms with Gasteiger partial charge in [-0.2, -0.15) is 13.2 Å². The van der Waals surface area contributed by atoms with Crippen LogP contribution in [-0.2, 0) is 11.9 Å². The molecule has 3 aromatic rings. The maximum Gasteiger partial charge on any atom is 0.416 e. The van der Waals surface area contributed by atoms with Crippen LogP contribution in [0.5, 0.6) is 0 Å². The Kier molecular flexibility index (Phi) is 5.38. The lowest BCUT2D eigenvalue weighted by molar-refractivity contribution is -0.385. The molecule has 1 heterocycles. The maximum atomic E-state index is 12.9. The van der Waals surface area contributed by atoms with Crippen LogP contribution in [-0.4, -0.2) is 15.1 Å². The van der Waals surface area contributed by atoms with Crippen LogP contribution >= 0.6 is 23.4 Å². The zero-order valence-electron chi connectivity index (χ0n) is 13.2. The van der Waals surface area contributed by atoms with Crippen molar-refractivity contribution in [2.24, 2.45) is 0 Å². The van der Waals surface area contributed by atoms with Crippen LogP contribution in [0.4, 0.5) is 18.9 Å². The largest absolute Gasteiger partial charge is 0.416 e. The van der Waals surface area contributed by atoms with Crippen molar-refractivity contribution >= 4 is 29.1 Å². The van der Waals surface area contributed by atoms with E-state index in [4.69, 9.17) is 16.0 Å². The highest BCUT2D eigenvalue weighted by atomic mass is 35.5. The fourth-order valence-corrected chi connectivity index (χ4v) is 2.97. The molecule has 2 aromatic carbocycles. The zero-order valence-corrected chi connectivity index (χ0v) is 14.8. The zero-order chi connectivity index (χ0) is 19.6. The van der Waals surface area contributed by atoms with E-state index in [-0.39, 0.29) is 22.4 Å². The van der Waals surface area contributed by atoms with Crippen molar-refractivity contribution in [1.82, 2.24) is 10.2 Å². The molecule has 0 atom stereocenters. The summed E-state index contributed by atoms with van der Waals surface area (Å²) in [7, 11) is 0. The van der Waals surface area contributed by atoms with Gasteiger partial charge in [0.05, 0.1) is 10.5 Å². The second-order valence-corrected chi connectivity index (χ2v) is 6.67. The van der Waals surface area contributed by atoms with E-state index in [1.54, 1.807) is 24.3 Å². The molecule has 0 bridgehead atoms. The Morgan fingerprint density at radius 1 is 1.15 bits per heavy atom. The molecule has 6 nitrogen and oxygen atoms in total. The second kappa shape index (κ2) is 7.57. The van der Waals surface area contributed by atoms with Gasteiger partial charge in [0.1, 0.15) is 0 Å². The minimum absolute atomic E-state index is 0.00693. The molecule has 0 amide bonds. The lowest BCUT2D eigenvalue weighted by atomic mass is 10.1. The van der Waals surface area contributed by atoms with Crippen LogP contribution in [0.3, 0.4) is 0 Å². The van der Waals surface area contributed by atoms with Crippen LogP contribution in [0.25, 0.3) is 11.5 Å². The third-order valence-corrected chi connectivity index (χ3v) is 4.52. The summed E-state index contributed by atoms with van der Waals surface area (Å²) in [5.74, 6) is 0.219. The summed E-state index contributed by atoms with van der Waals surface area (Å²) in [6, 6.07) is 9.10. The van der Waals surface area contributed by atoms with E-state index in [0.29, 0.717) is 16.7 Å². The number of thioether (sulfide) groups is 1. The number of alkyl halides is 3. The van der Waals surface area contributed by atoms with E-state index in [0.717, 1.165) is 23.9 Å². The Hall–Kier alpha value is -2.59. The summed E-state index contributed by atoms with van der Waals surface area (Å²) in [5, 5.41) is 19.2. The number of aromatic nitrogens is 2. The highest BCUT2D eigenvalue weighted by Gasteiger charge is 2.32. The number of non-ortho nitro benzene ring substituents is 1. The maximum absolute atomic E-state index is 12.9. The van der Waals surface area contributed by atoms with Gasteiger partial charge in [-0.3, -0.25) is 10.1 Å². The Balaban J connectivity index is 1.78. The van der Waals surface area contributed by atoms with E-state index < -0.39 is 22.4 Å². The fourth-order valence-electron chi connectivity index (χ4n) is 2.15. The van der Waals surface area contributed by atoms with Crippen LogP contribution in [0.1, 0.15) is 11.1 Å². The summed E-state index contributed by atoms with van der Waals surface area (Å²) in [4.78, 5) is 10.0. The number of rotatable bonds is 5. The quantitative estimate of drug-likeness (QED) is 0.306. The number of benzene rings is 2. The third-order valence-electron chi connectivity index (χ3n) is 3.38. The van der Waals surface area contributed by atoms with Gasteiger partial charge in [0.2, 0.25) is 5.89 Å². The fraction of sp³-hybridized carbons (Fsp3) is 0.125. The minimum Gasteiger partial charge on any atom is -0.411 e. The van der Waals surface area contributed by atoms with Crippen molar-refractivity contribution in [1.29, 1.82) is 0 Å². The van der Waals surface area contributed by atoms with Crippen molar-refractivity contribution < 1.29 is 22.5 Å². The molecule has 0 aliphatic rings. The molecule has 0 unspecified atom stereocenters. The average molecular weight is 416 g/mol. The lowest BCUT2D eigenvalue weighted by Crippen LogP contribution is -2.06. The molecule has 11 heteroatoms. The molecule has 0 saturated heterocycles. The van der Waals surface area contributed by atoms with E-state index in [9.17, 15) is 23.3 Å². The average Bonchev–Trinajstić information content (AvgIpc) is 3.08. The van der Waals surface area contributed by atoms with Gasteiger partial charge < -0.3 is 4.42 Å². The monoisotopic (exact) mass is 415 g/mol. The highest BCUT2D eigenvalue weighted by Crippen LogP contribution is 2.34. The molecule has 27 heavy (non-hydrogen) atoms. The van der Waals surface area contributed by atoms with E-state index in [2.05, 4.69) is 10.2 Å². The lowest BCUT2D eigenvalue weighted by Gasteiger charge is -2.08. The predicted molar refractivity (Wildman–Crippen MR) is 92.4 cm³/mol. The molecule has 1 aromatic heterocycles. The molecule has 3 rings (SSSR count). The number of nitrogens with zero attached hydrogens (tertiary/aromatic N) is 3. The Morgan fingerprint density at radius 3 is 2.48 bits per heavy atom. The Labute approximate surface area is 159 Å². The van der Waals surface area contributed by atoms with Crippen molar-refractivity contribution in [3.8, 4) is 11.5 Å². The first-order chi connectivity index (χ1) is 12.7. The summed E-state index contributed by atoms with van der Waals surface area (Å²) in [6.45, 7) is 0. The van der Waals surface area contributed by atoms with Gasteiger partial charge in [0.25, 0.3) is 10.9 Å². The smallest absolute Gasteiger partial charge is 0.411 e. The van der Waals surface area contributed by atoms with Crippen LogP contribution in [0.2, 0.25) is 5.02 Å². The molecule has 140 valence electrons. The van der Waals surface area contributed by atoms with Gasteiger partial charge in [-0.15, -0.1) is 10.2 Å². The Morgan fingerprint density at radius 2 is 1.85 bits per heavy atom. The van der Waals surface area contributed by atoms with E-state index in [1.165, 1.54) is 0 Å². The second-order valence-electron chi connectivity index (χ2n) is 5.31. The molecule has 0 fully saturated rings. The van der Waals surface area contributed by atoms with E-state index in [1.807, 2.05) is 0 Å². The number of nitro groups is 1. The van der Waals surface area contributed by atoms with Crippen molar-refractivity contribution in [2.75, 3.05) is 0 Å². The van der Waals surface area contributed by atoms with Crippen molar-refractivity contribution in [3.05, 3.63) is 68.7 Å². The normalized spacial score (nSPS) is 11.6. The topological polar surface area (TPSA) is 82.1 Å². The number of hydrogen-bond acceptors (Lipinski definition) is 6. The summed E-state index contributed by atoms with van der Waals surface area (Å²) < 4.78 is 44.2. The van der Waals surface area contributed by atoms with Crippen LogP contribution < -0.4 is 0 Å². The molecular weight excluding hydrogens is 407 g/mol. The van der Waals surface area contributed by atoms with Gasteiger partial charge in [0, 0.05) is 28.5 Å². The summed E-state index contributed by atoms with van der Waals surface area (Å²) >= 11 is 6.78. The highest BCUT2D eigenvalue weighted by molar-refractivity contribution is 7.98. The standard InChI is InChI=1S/C16H9ClF3N3O3S/c17-12-3-1-10(2-4-12)14-21-22-15(26-14)27-8-9-5-11(16(18,19)20)7-13(6-9)23(24)25/h1-7H,8H2. The molecule has 0 aliphatic carbocycles. The van der Waals surface area contributed by atoms with Crippen molar-refractivity contribution in [2.45, 2.75) is 17.2 Å². The minimum atomic E-state index is -4.68.